The fraction of sp³-hybridized carbons (Fsp3) is 0.167. The molecule has 0 spiro atoms. The van der Waals surface area contributed by atoms with Gasteiger partial charge in [0, 0.05) is 30.6 Å². The number of hydrogen-bond acceptors (Lipinski definition) is 4. The predicted octanol–water partition coefficient (Wildman–Crippen LogP) is 1.64. The van der Waals surface area contributed by atoms with E-state index in [1.165, 1.54) is 6.20 Å². The zero-order chi connectivity index (χ0) is 14.0. The third-order valence-electron chi connectivity index (χ3n) is 2.44. The molecule has 7 heteroatoms. The van der Waals surface area contributed by atoms with E-state index in [4.69, 9.17) is 10.5 Å². The molecule has 2 rings (SSSR count). The highest BCUT2D eigenvalue weighted by molar-refractivity contribution is 5.95. The summed E-state index contributed by atoms with van der Waals surface area (Å²) in [5.74, 6) is -3.08. The maximum Gasteiger partial charge on any atom is 0.340 e. The lowest BCUT2D eigenvalue weighted by Crippen LogP contribution is -2.09. The number of halogens is 2. The maximum absolute atomic E-state index is 13.0. The van der Waals surface area contributed by atoms with E-state index in [1.807, 2.05) is 0 Å². The van der Waals surface area contributed by atoms with Crippen LogP contribution in [-0.2, 0) is 18.4 Å². The summed E-state index contributed by atoms with van der Waals surface area (Å²) in [7, 11) is 1.72. The van der Waals surface area contributed by atoms with Crippen molar-refractivity contribution in [2.75, 3.05) is 5.73 Å². The monoisotopic (exact) mass is 267 g/mol. The van der Waals surface area contributed by atoms with E-state index in [1.54, 1.807) is 17.9 Å². The van der Waals surface area contributed by atoms with Crippen LogP contribution in [0.2, 0.25) is 0 Å². The van der Waals surface area contributed by atoms with Gasteiger partial charge in [-0.1, -0.05) is 0 Å². The molecule has 19 heavy (non-hydrogen) atoms. The lowest BCUT2D eigenvalue weighted by Gasteiger charge is -2.06. The Balaban J connectivity index is 2.10. The Labute approximate surface area is 107 Å². The second-order valence-corrected chi connectivity index (χ2v) is 3.95. The molecule has 5 nitrogen and oxygen atoms in total. The number of carbonyl (C=O) groups excluding carboxylic acids is 1. The van der Waals surface area contributed by atoms with Crippen LogP contribution in [0.15, 0.2) is 24.5 Å². The summed E-state index contributed by atoms with van der Waals surface area (Å²) < 4.78 is 32.4. The van der Waals surface area contributed by atoms with Gasteiger partial charge in [0.05, 0.1) is 11.8 Å². The lowest BCUT2D eigenvalue weighted by atomic mass is 10.1. The summed E-state index contributed by atoms with van der Waals surface area (Å²) in [6.45, 7) is -0.0227. The van der Waals surface area contributed by atoms with Crippen LogP contribution in [0, 0.1) is 11.6 Å². The molecule has 0 aliphatic carbocycles. The number of ether oxygens (including phenoxy) is 1. The number of aromatic nitrogens is 2. The van der Waals surface area contributed by atoms with Crippen molar-refractivity contribution in [1.29, 1.82) is 0 Å². The van der Waals surface area contributed by atoms with Gasteiger partial charge in [-0.25, -0.2) is 13.6 Å². The molecule has 0 aliphatic rings. The van der Waals surface area contributed by atoms with E-state index in [9.17, 15) is 13.6 Å². The van der Waals surface area contributed by atoms with Crippen molar-refractivity contribution in [3.63, 3.8) is 0 Å². The second-order valence-electron chi connectivity index (χ2n) is 3.95. The molecular weight excluding hydrogens is 256 g/mol. The highest BCUT2D eigenvalue weighted by atomic mass is 19.2. The van der Waals surface area contributed by atoms with Crippen LogP contribution >= 0.6 is 0 Å². The van der Waals surface area contributed by atoms with Crippen LogP contribution in [0.1, 0.15) is 15.9 Å². The topological polar surface area (TPSA) is 70.1 Å². The van der Waals surface area contributed by atoms with Crippen LogP contribution < -0.4 is 5.73 Å². The molecule has 0 atom stereocenters. The summed E-state index contributed by atoms with van der Waals surface area (Å²) in [5, 5.41) is 3.90. The Morgan fingerprint density at radius 3 is 2.74 bits per heavy atom. The molecule has 0 saturated heterocycles. The summed E-state index contributed by atoms with van der Waals surface area (Å²) in [5.41, 5.74) is 5.74. The van der Waals surface area contributed by atoms with E-state index in [-0.39, 0.29) is 17.9 Å². The van der Waals surface area contributed by atoms with Gasteiger partial charge in [0.1, 0.15) is 6.61 Å². The molecule has 0 fully saturated rings. The first-order valence-corrected chi connectivity index (χ1v) is 5.36. The zero-order valence-electron chi connectivity index (χ0n) is 10.1. The third kappa shape index (κ3) is 2.87. The number of nitrogens with two attached hydrogens (primary N) is 1. The molecule has 0 bridgehead atoms. The van der Waals surface area contributed by atoms with E-state index >= 15 is 0 Å². The number of nitrogens with zero attached hydrogens (tertiary/aromatic N) is 2. The lowest BCUT2D eigenvalue weighted by molar-refractivity contribution is 0.0473. The fourth-order valence-corrected chi connectivity index (χ4v) is 1.51. The van der Waals surface area contributed by atoms with E-state index in [0.717, 1.165) is 12.1 Å². The van der Waals surface area contributed by atoms with Gasteiger partial charge in [-0.15, -0.1) is 0 Å². The van der Waals surface area contributed by atoms with Gasteiger partial charge in [-0.05, 0) is 6.07 Å². The summed E-state index contributed by atoms with van der Waals surface area (Å²) in [6, 6.07) is 1.46. The smallest absolute Gasteiger partial charge is 0.340 e. The number of nitrogen functional groups attached to an aromatic ring is 1. The molecule has 1 aromatic heterocycles. The molecule has 1 aromatic carbocycles. The normalized spacial score (nSPS) is 10.5. The first-order valence-electron chi connectivity index (χ1n) is 5.36. The fourth-order valence-electron chi connectivity index (χ4n) is 1.51. The Morgan fingerprint density at radius 2 is 2.11 bits per heavy atom. The highest BCUT2D eigenvalue weighted by Gasteiger charge is 2.15. The van der Waals surface area contributed by atoms with E-state index in [2.05, 4.69) is 5.10 Å². The largest absolute Gasteiger partial charge is 0.457 e. The van der Waals surface area contributed by atoms with Crippen LogP contribution in [0.5, 0.6) is 0 Å². The minimum Gasteiger partial charge on any atom is -0.457 e. The molecule has 2 aromatic rings. The SMILES string of the molecule is Cn1cc(COC(=O)c2cc(F)c(F)cc2N)cn1. The van der Waals surface area contributed by atoms with Crippen molar-refractivity contribution in [3.8, 4) is 0 Å². The van der Waals surface area contributed by atoms with Crippen molar-refractivity contribution < 1.29 is 18.3 Å². The molecule has 100 valence electrons. The quantitative estimate of drug-likeness (QED) is 0.678. The van der Waals surface area contributed by atoms with Crippen LogP contribution in [0.4, 0.5) is 14.5 Å². The number of rotatable bonds is 3. The molecule has 0 amide bonds. The number of esters is 1. The summed E-state index contributed by atoms with van der Waals surface area (Å²) in [6.07, 6.45) is 3.20. The Kier molecular flexibility index (Phi) is 3.46. The minimum absolute atomic E-state index is 0.0227. The Morgan fingerprint density at radius 1 is 1.42 bits per heavy atom. The zero-order valence-corrected chi connectivity index (χ0v) is 10.1. The Hall–Kier alpha value is -2.44. The first kappa shape index (κ1) is 13.0. The minimum atomic E-state index is -1.15. The van der Waals surface area contributed by atoms with Gasteiger partial charge in [-0.3, -0.25) is 4.68 Å². The number of carbonyl (C=O) groups is 1. The number of anilines is 1. The van der Waals surface area contributed by atoms with Gasteiger partial charge in [0.2, 0.25) is 0 Å². The van der Waals surface area contributed by atoms with Crippen molar-refractivity contribution in [2.45, 2.75) is 6.61 Å². The third-order valence-corrected chi connectivity index (χ3v) is 2.44. The number of aryl methyl sites for hydroxylation is 1. The Bertz CT molecular complexity index is 625. The molecule has 0 saturated carbocycles. The number of hydrogen-bond donors (Lipinski definition) is 1. The summed E-state index contributed by atoms with van der Waals surface area (Å²) >= 11 is 0. The average Bonchev–Trinajstić information content (AvgIpc) is 2.77. The van der Waals surface area contributed by atoms with Gasteiger partial charge >= 0.3 is 5.97 Å². The summed E-state index contributed by atoms with van der Waals surface area (Å²) in [4.78, 5) is 11.7. The molecule has 0 aliphatic heterocycles. The van der Waals surface area contributed by atoms with E-state index in [0.29, 0.717) is 5.56 Å². The standard InChI is InChI=1S/C12H11F2N3O2/c1-17-5-7(4-16-17)6-19-12(18)8-2-9(13)10(14)3-11(8)15/h2-5H,6,15H2,1H3. The molecule has 0 radical (unpaired) electrons. The van der Waals surface area contributed by atoms with E-state index < -0.39 is 17.6 Å². The van der Waals surface area contributed by atoms with Gasteiger partial charge in [-0.2, -0.15) is 5.10 Å². The maximum atomic E-state index is 13.0. The number of benzene rings is 1. The van der Waals surface area contributed by atoms with Crippen molar-refractivity contribution >= 4 is 11.7 Å². The van der Waals surface area contributed by atoms with Gasteiger partial charge < -0.3 is 10.5 Å². The highest BCUT2D eigenvalue weighted by Crippen LogP contribution is 2.18. The van der Waals surface area contributed by atoms with Crippen molar-refractivity contribution in [2.24, 2.45) is 7.05 Å². The van der Waals surface area contributed by atoms with Crippen LogP contribution in [0.25, 0.3) is 0 Å². The van der Waals surface area contributed by atoms with Crippen molar-refractivity contribution in [3.05, 3.63) is 47.3 Å². The van der Waals surface area contributed by atoms with Gasteiger partial charge in [0.25, 0.3) is 0 Å². The first-order chi connectivity index (χ1) is 8.97. The predicted molar refractivity (Wildman–Crippen MR) is 63.1 cm³/mol. The molecule has 1 heterocycles. The van der Waals surface area contributed by atoms with Crippen LogP contribution in [-0.4, -0.2) is 15.7 Å². The molecular formula is C12H11F2N3O2. The van der Waals surface area contributed by atoms with Crippen LogP contribution in [0.3, 0.4) is 0 Å². The molecule has 2 N–H and O–H groups in total. The average molecular weight is 267 g/mol. The second kappa shape index (κ2) is 5.05. The van der Waals surface area contributed by atoms with Gasteiger partial charge in [0.15, 0.2) is 11.6 Å². The van der Waals surface area contributed by atoms with Crippen molar-refractivity contribution in [1.82, 2.24) is 9.78 Å². The molecule has 0 unspecified atom stereocenters.